The zero-order chi connectivity index (χ0) is 8.48. The van der Waals surface area contributed by atoms with Gasteiger partial charge in [0.25, 0.3) is 0 Å². The second kappa shape index (κ2) is 2.86. The van der Waals surface area contributed by atoms with Gasteiger partial charge >= 0.3 is 0 Å². The number of carbonyl (C=O) groups excluding carboxylic acids is 1. The molecule has 0 spiro atoms. The Morgan fingerprint density at radius 1 is 1.64 bits per heavy atom. The van der Waals surface area contributed by atoms with Gasteiger partial charge in [0.15, 0.2) is 5.78 Å². The van der Waals surface area contributed by atoms with Gasteiger partial charge in [-0.2, -0.15) is 0 Å². The lowest BCUT2D eigenvalue weighted by Gasteiger charge is -2.29. The van der Waals surface area contributed by atoms with Crippen molar-refractivity contribution in [2.24, 2.45) is 0 Å². The first kappa shape index (κ1) is 8.61. The van der Waals surface area contributed by atoms with E-state index in [9.17, 15) is 4.79 Å². The van der Waals surface area contributed by atoms with Crippen LogP contribution in [-0.4, -0.2) is 46.2 Å². The fourth-order valence-corrected chi connectivity index (χ4v) is 0.861. The van der Waals surface area contributed by atoms with Crippen molar-refractivity contribution < 1.29 is 24.9 Å². The summed E-state index contributed by atoms with van der Waals surface area (Å²) >= 11 is 0. The van der Waals surface area contributed by atoms with Gasteiger partial charge in [0, 0.05) is 6.42 Å². The Hall–Kier alpha value is -0.490. The number of rotatable bonds is 1. The van der Waals surface area contributed by atoms with Gasteiger partial charge in [-0.05, 0) is 0 Å². The molecule has 64 valence electrons. The van der Waals surface area contributed by atoms with Crippen LogP contribution in [0.5, 0.6) is 0 Å². The topological polar surface area (TPSA) is 87.0 Å². The van der Waals surface area contributed by atoms with E-state index in [0.29, 0.717) is 0 Å². The van der Waals surface area contributed by atoms with E-state index in [1.165, 1.54) is 0 Å². The molecule has 5 nitrogen and oxygen atoms in total. The summed E-state index contributed by atoms with van der Waals surface area (Å²) < 4.78 is 4.74. The molecule has 1 saturated heterocycles. The Labute approximate surface area is 63.2 Å². The molecule has 0 unspecified atom stereocenters. The minimum atomic E-state index is -2.36. The predicted molar refractivity (Wildman–Crippen MR) is 33.6 cm³/mol. The highest BCUT2D eigenvalue weighted by Crippen LogP contribution is 2.16. The summed E-state index contributed by atoms with van der Waals surface area (Å²) in [7, 11) is 0. The second-order valence-corrected chi connectivity index (χ2v) is 2.56. The quantitative estimate of drug-likeness (QED) is 0.389. The number of hydrogen-bond donors (Lipinski definition) is 3. The summed E-state index contributed by atoms with van der Waals surface area (Å²) in [5.74, 6) is -3.06. The Balaban J connectivity index is 2.55. The molecule has 3 N–H and O–H groups in total. The van der Waals surface area contributed by atoms with Crippen LogP contribution in [-0.2, 0) is 9.53 Å². The fourth-order valence-electron chi connectivity index (χ4n) is 0.861. The summed E-state index contributed by atoms with van der Waals surface area (Å²) in [6.07, 6.45) is -0.737. The van der Waals surface area contributed by atoms with E-state index in [0.717, 1.165) is 0 Å². The van der Waals surface area contributed by atoms with Gasteiger partial charge in [-0.15, -0.1) is 0 Å². The number of carbonyl (C=O) groups is 1. The number of aliphatic hydroxyl groups is 3. The third kappa shape index (κ3) is 1.75. The van der Waals surface area contributed by atoms with Crippen LogP contribution in [0.2, 0.25) is 0 Å². The van der Waals surface area contributed by atoms with E-state index in [2.05, 4.69) is 0 Å². The van der Waals surface area contributed by atoms with Gasteiger partial charge < -0.3 is 20.1 Å². The van der Waals surface area contributed by atoms with Crippen LogP contribution in [0, 0.1) is 0 Å². The second-order valence-electron chi connectivity index (χ2n) is 2.56. The van der Waals surface area contributed by atoms with Crippen molar-refractivity contribution in [3.8, 4) is 0 Å². The molecule has 0 radical (unpaired) electrons. The van der Waals surface area contributed by atoms with Crippen molar-refractivity contribution >= 4 is 5.78 Å². The Morgan fingerprint density at radius 3 is 2.73 bits per heavy atom. The zero-order valence-corrected chi connectivity index (χ0v) is 5.86. The third-order valence-electron chi connectivity index (χ3n) is 1.58. The van der Waals surface area contributed by atoms with Crippen molar-refractivity contribution in [1.29, 1.82) is 0 Å². The summed E-state index contributed by atoms with van der Waals surface area (Å²) in [5, 5.41) is 26.2. The van der Waals surface area contributed by atoms with Crippen molar-refractivity contribution in [3.63, 3.8) is 0 Å². The van der Waals surface area contributed by atoms with Crippen molar-refractivity contribution in [2.75, 3.05) is 13.2 Å². The molecule has 0 bridgehead atoms. The average Bonchev–Trinajstić information content (AvgIpc) is 1.95. The van der Waals surface area contributed by atoms with E-state index in [-0.39, 0.29) is 13.0 Å². The van der Waals surface area contributed by atoms with E-state index < -0.39 is 24.3 Å². The summed E-state index contributed by atoms with van der Waals surface area (Å²) in [4.78, 5) is 10.8. The smallest absolute Gasteiger partial charge is 0.248 e. The molecule has 0 saturated carbocycles. The highest BCUT2D eigenvalue weighted by molar-refractivity contribution is 5.86. The van der Waals surface area contributed by atoms with Crippen LogP contribution < -0.4 is 0 Å². The molecule has 1 heterocycles. The highest BCUT2D eigenvalue weighted by atomic mass is 16.6. The molecule has 1 fully saturated rings. The van der Waals surface area contributed by atoms with Crippen LogP contribution in [0.1, 0.15) is 6.42 Å². The molecule has 0 aromatic rings. The zero-order valence-electron chi connectivity index (χ0n) is 5.86. The maximum Gasteiger partial charge on any atom is 0.248 e. The van der Waals surface area contributed by atoms with Gasteiger partial charge in [0.1, 0.15) is 6.61 Å². The summed E-state index contributed by atoms with van der Waals surface area (Å²) in [6, 6.07) is 0. The molecule has 11 heavy (non-hydrogen) atoms. The predicted octanol–water partition coefficient (Wildman–Crippen LogP) is -1.98. The molecule has 0 aromatic heterocycles. The molecule has 0 aliphatic carbocycles. The Morgan fingerprint density at radius 2 is 2.27 bits per heavy atom. The van der Waals surface area contributed by atoms with Gasteiger partial charge in [-0.1, -0.05) is 0 Å². The van der Waals surface area contributed by atoms with Gasteiger partial charge in [0.2, 0.25) is 5.79 Å². The normalized spacial score (nSPS) is 30.5. The van der Waals surface area contributed by atoms with Crippen LogP contribution in [0.3, 0.4) is 0 Å². The molecule has 0 aromatic carbocycles. The molecule has 1 rings (SSSR count). The summed E-state index contributed by atoms with van der Waals surface area (Å²) in [6.45, 7) is -0.737. The van der Waals surface area contributed by atoms with Crippen LogP contribution in [0.15, 0.2) is 0 Å². The highest BCUT2D eigenvalue weighted by Gasteiger charge is 2.39. The molecule has 1 atom stereocenters. The van der Waals surface area contributed by atoms with E-state index in [1.54, 1.807) is 0 Å². The molecule has 1 aliphatic heterocycles. The van der Waals surface area contributed by atoms with Gasteiger partial charge in [-0.3, -0.25) is 4.79 Å². The maximum absolute atomic E-state index is 10.8. The van der Waals surface area contributed by atoms with Crippen LogP contribution >= 0.6 is 0 Å². The number of ketones is 1. The Bertz CT molecular complexity index is 164. The monoisotopic (exact) mass is 162 g/mol. The van der Waals surface area contributed by atoms with Crippen molar-refractivity contribution in [2.45, 2.75) is 18.3 Å². The van der Waals surface area contributed by atoms with Crippen LogP contribution in [0.25, 0.3) is 0 Å². The first-order valence-corrected chi connectivity index (χ1v) is 3.27. The molecular weight excluding hydrogens is 152 g/mol. The minimum Gasteiger partial charge on any atom is -0.394 e. The van der Waals surface area contributed by atoms with E-state index in [1.807, 2.05) is 0 Å². The summed E-state index contributed by atoms with van der Waals surface area (Å²) in [5.41, 5.74) is 0. The van der Waals surface area contributed by atoms with Crippen molar-refractivity contribution in [3.05, 3.63) is 0 Å². The lowest BCUT2D eigenvalue weighted by Crippen LogP contribution is -2.50. The average molecular weight is 162 g/mol. The first-order valence-electron chi connectivity index (χ1n) is 3.27. The van der Waals surface area contributed by atoms with Gasteiger partial charge in [-0.25, -0.2) is 0 Å². The number of ether oxygens (including phenoxy) is 1. The van der Waals surface area contributed by atoms with E-state index in [4.69, 9.17) is 20.1 Å². The third-order valence-corrected chi connectivity index (χ3v) is 1.58. The number of hydrogen-bond acceptors (Lipinski definition) is 5. The largest absolute Gasteiger partial charge is 0.394 e. The van der Waals surface area contributed by atoms with Gasteiger partial charge in [0.05, 0.1) is 12.7 Å². The molecule has 5 heteroatoms. The van der Waals surface area contributed by atoms with Crippen LogP contribution in [0.4, 0.5) is 0 Å². The molecule has 0 amide bonds. The standard InChI is InChI=1S/C6H10O5/c7-2-4-1-5(8)6(9,10)3-11-4/h4,7,9-10H,1-3H2/t4-/m0/s1. The van der Waals surface area contributed by atoms with E-state index >= 15 is 0 Å². The minimum absolute atomic E-state index is 0.149. The molecule has 1 aliphatic rings. The fraction of sp³-hybridized carbons (Fsp3) is 0.833. The lowest BCUT2D eigenvalue weighted by atomic mass is 10.0. The SMILES string of the molecule is O=C1C[C@@H](CO)OCC1(O)O. The maximum atomic E-state index is 10.8. The number of aliphatic hydroxyl groups excluding tert-OH is 1. The number of Topliss-reactive ketones (excluding diaryl/α,β-unsaturated/α-hetero) is 1. The Kier molecular flexibility index (Phi) is 2.24. The lowest BCUT2D eigenvalue weighted by molar-refractivity contribution is -0.226. The van der Waals surface area contributed by atoms with Crippen molar-refractivity contribution in [1.82, 2.24) is 0 Å². The molecular formula is C6H10O5. The first-order chi connectivity index (χ1) is 5.06.